The second-order valence-electron chi connectivity index (χ2n) is 4.26. The normalized spacial score (nSPS) is 23.4. The molecular weight excluding hydrogens is 194 g/mol. The van der Waals surface area contributed by atoms with Crippen molar-refractivity contribution in [1.82, 2.24) is 10.2 Å². The molecular formula is C10H19N3O2. The fraction of sp³-hybridized carbons (Fsp3) is 0.800. The van der Waals surface area contributed by atoms with E-state index in [1.54, 1.807) is 11.8 Å². The summed E-state index contributed by atoms with van der Waals surface area (Å²) in [5, 5.41) is 2.66. The molecule has 2 amide bonds. The summed E-state index contributed by atoms with van der Waals surface area (Å²) >= 11 is 0. The van der Waals surface area contributed by atoms with E-state index >= 15 is 0 Å². The molecule has 1 unspecified atom stereocenters. The van der Waals surface area contributed by atoms with E-state index < -0.39 is 6.04 Å². The Labute approximate surface area is 90.0 Å². The molecule has 1 saturated heterocycles. The summed E-state index contributed by atoms with van der Waals surface area (Å²) in [6.45, 7) is 6.25. The molecule has 1 aliphatic heterocycles. The average Bonchev–Trinajstić information content (AvgIpc) is 2.48. The molecule has 0 aromatic rings. The number of nitrogens with one attached hydrogen (secondary N) is 1. The highest BCUT2D eigenvalue weighted by Crippen LogP contribution is 2.14. The van der Waals surface area contributed by atoms with Crippen molar-refractivity contribution in [1.29, 1.82) is 0 Å². The van der Waals surface area contributed by atoms with Crippen molar-refractivity contribution in [2.75, 3.05) is 6.54 Å². The molecule has 5 heteroatoms. The first-order chi connectivity index (χ1) is 6.93. The SMILES string of the molecule is CC(C)N1CCC(NC(=O)[C@@H](C)N)C1=O. The minimum absolute atomic E-state index is 0.000926. The van der Waals surface area contributed by atoms with Crippen LogP contribution in [0.3, 0.4) is 0 Å². The summed E-state index contributed by atoms with van der Waals surface area (Å²) in [5.74, 6) is -0.266. The van der Waals surface area contributed by atoms with Crippen LogP contribution in [0.4, 0.5) is 0 Å². The minimum atomic E-state index is -0.564. The quantitative estimate of drug-likeness (QED) is 0.661. The van der Waals surface area contributed by atoms with Crippen LogP contribution in [0.25, 0.3) is 0 Å². The van der Waals surface area contributed by atoms with Crippen LogP contribution in [-0.2, 0) is 9.59 Å². The van der Waals surface area contributed by atoms with Crippen LogP contribution in [0.15, 0.2) is 0 Å². The van der Waals surface area contributed by atoms with E-state index in [2.05, 4.69) is 5.32 Å². The van der Waals surface area contributed by atoms with Crippen molar-refractivity contribution < 1.29 is 9.59 Å². The molecule has 1 aliphatic rings. The standard InChI is InChI=1S/C10H19N3O2/c1-6(2)13-5-4-8(10(13)15)12-9(14)7(3)11/h6-8H,4-5,11H2,1-3H3,(H,12,14)/t7-,8?/m1/s1. The summed E-state index contributed by atoms with van der Waals surface area (Å²) in [6, 6.07) is -0.758. The van der Waals surface area contributed by atoms with Gasteiger partial charge in [0.1, 0.15) is 6.04 Å². The van der Waals surface area contributed by atoms with Gasteiger partial charge in [0.05, 0.1) is 6.04 Å². The largest absolute Gasteiger partial charge is 0.343 e. The van der Waals surface area contributed by atoms with E-state index in [0.717, 1.165) is 0 Å². The van der Waals surface area contributed by atoms with Gasteiger partial charge in [-0.1, -0.05) is 0 Å². The van der Waals surface area contributed by atoms with Gasteiger partial charge in [-0.25, -0.2) is 0 Å². The number of likely N-dealkylation sites (tertiary alicyclic amines) is 1. The van der Waals surface area contributed by atoms with E-state index in [9.17, 15) is 9.59 Å². The lowest BCUT2D eigenvalue weighted by Gasteiger charge is -2.21. The summed E-state index contributed by atoms with van der Waals surface area (Å²) in [7, 11) is 0. The highest BCUT2D eigenvalue weighted by atomic mass is 16.2. The molecule has 15 heavy (non-hydrogen) atoms. The van der Waals surface area contributed by atoms with Gasteiger partial charge in [-0.2, -0.15) is 0 Å². The Morgan fingerprint density at radius 3 is 2.53 bits per heavy atom. The number of amides is 2. The van der Waals surface area contributed by atoms with Crippen LogP contribution in [-0.4, -0.2) is 41.4 Å². The third-order valence-corrected chi connectivity index (χ3v) is 2.59. The van der Waals surface area contributed by atoms with Crippen molar-refractivity contribution in [2.45, 2.75) is 45.3 Å². The van der Waals surface area contributed by atoms with Crippen molar-refractivity contribution in [2.24, 2.45) is 5.73 Å². The second-order valence-corrected chi connectivity index (χ2v) is 4.26. The predicted octanol–water partition coefficient (Wildman–Crippen LogP) is -0.541. The molecule has 0 aromatic heterocycles. The number of carbonyl (C=O) groups is 2. The zero-order valence-corrected chi connectivity index (χ0v) is 9.49. The fourth-order valence-corrected chi connectivity index (χ4v) is 1.65. The maximum atomic E-state index is 11.8. The lowest BCUT2D eigenvalue weighted by molar-refractivity contribution is -0.133. The Hall–Kier alpha value is -1.10. The van der Waals surface area contributed by atoms with Crippen LogP contribution in [0.2, 0.25) is 0 Å². The van der Waals surface area contributed by atoms with Gasteiger partial charge in [0.25, 0.3) is 0 Å². The van der Waals surface area contributed by atoms with Gasteiger partial charge in [-0.3, -0.25) is 9.59 Å². The van der Waals surface area contributed by atoms with Crippen LogP contribution in [0.5, 0.6) is 0 Å². The van der Waals surface area contributed by atoms with Crippen molar-refractivity contribution in [3.05, 3.63) is 0 Å². The van der Waals surface area contributed by atoms with E-state index in [0.29, 0.717) is 13.0 Å². The fourth-order valence-electron chi connectivity index (χ4n) is 1.65. The van der Waals surface area contributed by atoms with Crippen molar-refractivity contribution in [3.8, 4) is 0 Å². The molecule has 1 heterocycles. The van der Waals surface area contributed by atoms with Gasteiger partial charge in [-0.15, -0.1) is 0 Å². The molecule has 5 nitrogen and oxygen atoms in total. The van der Waals surface area contributed by atoms with E-state index in [4.69, 9.17) is 5.73 Å². The second kappa shape index (κ2) is 4.61. The highest BCUT2D eigenvalue weighted by Gasteiger charge is 2.34. The van der Waals surface area contributed by atoms with Crippen LogP contribution >= 0.6 is 0 Å². The Bertz CT molecular complexity index is 263. The molecule has 1 fully saturated rings. The monoisotopic (exact) mass is 213 g/mol. The zero-order valence-electron chi connectivity index (χ0n) is 9.49. The molecule has 86 valence electrons. The molecule has 0 aromatic carbocycles. The lowest BCUT2D eigenvalue weighted by atomic mass is 10.2. The molecule has 3 N–H and O–H groups in total. The number of hydrogen-bond donors (Lipinski definition) is 2. The third-order valence-electron chi connectivity index (χ3n) is 2.59. The summed E-state index contributed by atoms with van der Waals surface area (Å²) in [6.07, 6.45) is 0.676. The minimum Gasteiger partial charge on any atom is -0.343 e. The smallest absolute Gasteiger partial charge is 0.245 e. The van der Waals surface area contributed by atoms with Gasteiger partial charge in [0.2, 0.25) is 11.8 Å². The predicted molar refractivity (Wildman–Crippen MR) is 57.0 cm³/mol. The van der Waals surface area contributed by atoms with Crippen LogP contribution < -0.4 is 11.1 Å². The number of rotatable bonds is 3. The molecule has 2 atom stereocenters. The number of carbonyl (C=O) groups excluding carboxylic acids is 2. The Kier molecular flexibility index (Phi) is 3.68. The zero-order chi connectivity index (χ0) is 11.6. The molecule has 0 saturated carbocycles. The summed E-state index contributed by atoms with van der Waals surface area (Å²) in [5.41, 5.74) is 5.42. The topological polar surface area (TPSA) is 75.4 Å². The molecule has 0 radical (unpaired) electrons. The van der Waals surface area contributed by atoms with E-state index in [1.807, 2.05) is 13.8 Å². The first-order valence-electron chi connectivity index (χ1n) is 5.30. The number of nitrogens with zero attached hydrogens (tertiary/aromatic N) is 1. The summed E-state index contributed by atoms with van der Waals surface area (Å²) < 4.78 is 0. The van der Waals surface area contributed by atoms with Gasteiger partial charge in [0, 0.05) is 12.6 Å². The average molecular weight is 213 g/mol. The van der Waals surface area contributed by atoms with Crippen LogP contribution in [0, 0.1) is 0 Å². The molecule has 0 aliphatic carbocycles. The highest BCUT2D eigenvalue weighted by molar-refractivity contribution is 5.90. The molecule has 0 bridgehead atoms. The Morgan fingerprint density at radius 2 is 2.13 bits per heavy atom. The first-order valence-corrected chi connectivity index (χ1v) is 5.30. The van der Waals surface area contributed by atoms with Gasteiger partial charge in [-0.05, 0) is 27.2 Å². The van der Waals surface area contributed by atoms with E-state index in [1.165, 1.54) is 0 Å². The number of hydrogen-bond acceptors (Lipinski definition) is 3. The Balaban J connectivity index is 2.53. The Morgan fingerprint density at radius 1 is 1.53 bits per heavy atom. The maximum absolute atomic E-state index is 11.8. The maximum Gasteiger partial charge on any atom is 0.245 e. The van der Waals surface area contributed by atoms with Crippen LogP contribution in [0.1, 0.15) is 27.2 Å². The van der Waals surface area contributed by atoms with E-state index in [-0.39, 0.29) is 23.9 Å². The lowest BCUT2D eigenvalue weighted by Crippen LogP contribution is -2.48. The van der Waals surface area contributed by atoms with Gasteiger partial charge >= 0.3 is 0 Å². The molecule has 1 rings (SSSR count). The number of nitrogens with two attached hydrogens (primary N) is 1. The van der Waals surface area contributed by atoms with Gasteiger partial charge < -0.3 is 16.0 Å². The summed E-state index contributed by atoms with van der Waals surface area (Å²) in [4.78, 5) is 24.9. The third kappa shape index (κ3) is 2.68. The van der Waals surface area contributed by atoms with Crippen molar-refractivity contribution in [3.63, 3.8) is 0 Å². The van der Waals surface area contributed by atoms with Gasteiger partial charge in [0.15, 0.2) is 0 Å². The first kappa shape index (κ1) is 12.0. The van der Waals surface area contributed by atoms with Crippen molar-refractivity contribution >= 4 is 11.8 Å². The molecule has 0 spiro atoms.